The highest BCUT2D eigenvalue weighted by molar-refractivity contribution is 8.18. The summed E-state index contributed by atoms with van der Waals surface area (Å²) >= 11 is 6.92. The van der Waals surface area contributed by atoms with Crippen molar-refractivity contribution in [2.75, 3.05) is 13.2 Å². The molecular weight excluding hydrogens is 500 g/mol. The van der Waals surface area contributed by atoms with Crippen molar-refractivity contribution in [3.8, 4) is 11.4 Å². The molecule has 2 aromatic carbocycles. The fourth-order valence-corrected chi connectivity index (χ4v) is 5.15. The Morgan fingerprint density at radius 1 is 1.08 bits per heavy atom. The predicted octanol–water partition coefficient (Wildman–Crippen LogP) is 6.18. The Morgan fingerprint density at radius 3 is 2.56 bits per heavy atom. The molecule has 1 saturated heterocycles. The largest absolute Gasteiger partial charge is 0.491 e. The average molecular weight is 525 g/mol. The molecule has 0 bridgehead atoms. The standard InChI is InChI=1S/C27H25ClN2O5S/c1-15-5-6-16(2)23(11-15)35-10-9-29-25(31)24(36-27(29)34)13-19-12-17(3)30(18(19)4)20-7-8-22(28)21(14-20)26(32)33/h5-8,11-14H,9-10H2,1-4H3,(H,32,33)/b24-13-. The Morgan fingerprint density at radius 2 is 1.83 bits per heavy atom. The molecule has 7 nitrogen and oxygen atoms in total. The summed E-state index contributed by atoms with van der Waals surface area (Å²) in [6, 6.07) is 12.6. The van der Waals surface area contributed by atoms with Gasteiger partial charge in [-0.3, -0.25) is 14.5 Å². The summed E-state index contributed by atoms with van der Waals surface area (Å²) in [5.74, 6) is -0.739. The molecule has 0 aliphatic carbocycles. The number of thioether (sulfide) groups is 1. The van der Waals surface area contributed by atoms with Crippen LogP contribution in [0, 0.1) is 27.7 Å². The first-order valence-electron chi connectivity index (χ1n) is 11.2. The molecule has 3 aromatic rings. The molecule has 1 aliphatic heterocycles. The van der Waals surface area contributed by atoms with Gasteiger partial charge in [0.1, 0.15) is 12.4 Å². The number of aryl methyl sites for hydroxylation is 3. The Hall–Kier alpha value is -3.49. The van der Waals surface area contributed by atoms with Crippen LogP contribution in [-0.2, 0) is 4.79 Å². The molecule has 0 saturated carbocycles. The van der Waals surface area contributed by atoms with Gasteiger partial charge >= 0.3 is 5.97 Å². The number of aromatic nitrogens is 1. The van der Waals surface area contributed by atoms with Crippen molar-refractivity contribution in [3.63, 3.8) is 0 Å². The number of aromatic carboxylic acids is 1. The van der Waals surface area contributed by atoms with Crippen LogP contribution in [0.5, 0.6) is 5.75 Å². The van der Waals surface area contributed by atoms with Gasteiger partial charge in [0.05, 0.1) is 22.0 Å². The van der Waals surface area contributed by atoms with E-state index in [9.17, 15) is 19.5 Å². The van der Waals surface area contributed by atoms with Crippen molar-refractivity contribution in [2.45, 2.75) is 27.7 Å². The molecule has 186 valence electrons. The van der Waals surface area contributed by atoms with Gasteiger partial charge in [-0.2, -0.15) is 0 Å². The molecule has 9 heteroatoms. The highest BCUT2D eigenvalue weighted by Crippen LogP contribution is 2.34. The lowest BCUT2D eigenvalue weighted by molar-refractivity contribution is -0.123. The summed E-state index contributed by atoms with van der Waals surface area (Å²) in [5, 5.41) is 9.23. The van der Waals surface area contributed by atoms with Gasteiger partial charge in [-0.15, -0.1) is 0 Å². The number of hydrogen-bond acceptors (Lipinski definition) is 5. The van der Waals surface area contributed by atoms with Gasteiger partial charge in [-0.05, 0) is 92.6 Å². The minimum Gasteiger partial charge on any atom is -0.491 e. The molecule has 2 heterocycles. The van der Waals surface area contributed by atoms with E-state index in [4.69, 9.17) is 16.3 Å². The van der Waals surface area contributed by atoms with Crippen molar-refractivity contribution in [2.24, 2.45) is 0 Å². The van der Waals surface area contributed by atoms with E-state index in [1.165, 1.54) is 11.0 Å². The number of hydrogen-bond donors (Lipinski definition) is 1. The third kappa shape index (κ3) is 5.05. The van der Waals surface area contributed by atoms with E-state index in [1.54, 1.807) is 18.2 Å². The number of carbonyl (C=O) groups excluding carboxylic acids is 2. The van der Waals surface area contributed by atoms with Crippen LogP contribution in [0.3, 0.4) is 0 Å². The maximum absolute atomic E-state index is 13.0. The number of carboxylic acid groups (broad SMARTS) is 1. The molecule has 0 atom stereocenters. The zero-order chi connectivity index (χ0) is 26.1. The second-order valence-electron chi connectivity index (χ2n) is 8.58. The third-order valence-electron chi connectivity index (χ3n) is 5.99. The van der Waals surface area contributed by atoms with E-state index in [0.29, 0.717) is 10.6 Å². The van der Waals surface area contributed by atoms with Gasteiger partial charge in [0, 0.05) is 17.1 Å². The Labute approximate surface area is 218 Å². The summed E-state index contributed by atoms with van der Waals surface area (Å²) in [6.45, 7) is 8.03. The van der Waals surface area contributed by atoms with Crippen LogP contribution < -0.4 is 4.74 Å². The van der Waals surface area contributed by atoms with E-state index >= 15 is 0 Å². The zero-order valence-corrected chi connectivity index (χ0v) is 21.9. The average Bonchev–Trinajstić information content (AvgIpc) is 3.25. The monoisotopic (exact) mass is 524 g/mol. The summed E-state index contributed by atoms with van der Waals surface area (Å²) in [6.07, 6.45) is 1.70. The number of carboxylic acids is 1. The fraction of sp³-hybridized carbons (Fsp3) is 0.222. The molecule has 1 N–H and O–H groups in total. The maximum atomic E-state index is 13.0. The lowest BCUT2D eigenvalue weighted by atomic mass is 10.1. The second-order valence-corrected chi connectivity index (χ2v) is 9.98. The van der Waals surface area contributed by atoms with Crippen LogP contribution in [0.15, 0.2) is 47.4 Å². The van der Waals surface area contributed by atoms with Gasteiger partial charge in [0.15, 0.2) is 0 Å². The van der Waals surface area contributed by atoms with Crippen molar-refractivity contribution < 1.29 is 24.2 Å². The van der Waals surface area contributed by atoms with Gasteiger partial charge < -0.3 is 14.4 Å². The van der Waals surface area contributed by atoms with Crippen LogP contribution >= 0.6 is 23.4 Å². The van der Waals surface area contributed by atoms with Gasteiger partial charge in [0.2, 0.25) is 0 Å². The zero-order valence-electron chi connectivity index (χ0n) is 20.3. The first-order valence-corrected chi connectivity index (χ1v) is 12.4. The van der Waals surface area contributed by atoms with Crippen LogP contribution in [0.25, 0.3) is 11.8 Å². The smallest absolute Gasteiger partial charge is 0.337 e. The number of benzene rings is 2. The Balaban J connectivity index is 1.53. The normalized spacial score (nSPS) is 14.7. The van der Waals surface area contributed by atoms with Crippen molar-refractivity contribution in [1.82, 2.24) is 9.47 Å². The summed E-state index contributed by atoms with van der Waals surface area (Å²) in [5.41, 5.74) is 5.11. The van der Waals surface area contributed by atoms with Gasteiger partial charge in [0.25, 0.3) is 11.1 Å². The molecule has 0 unspecified atom stereocenters. The molecule has 2 amide bonds. The quantitative estimate of drug-likeness (QED) is 0.371. The van der Waals surface area contributed by atoms with E-state index in [-0.39, 0.29) is 34.9 Å². The molecule has 1 fully saturated rings. The highest BCUT2D eigenvalue weighted by Gasteiger charge is 2.35. The van der Waals surface area contributed by atoms with Crippen LogP contribution in [0.4, 0.5) is 4.79 Å². The van der Waals surface area contributed by atoms with Crippen LogP contribution in [0.1, 0.15) is 38.4 Å². The lowest BCUT2D eigenvalue weighted by Crippen LogP contribution is -2.32. The van der Waals surface area contributed by atoms with E-state index in [0.717, 1.165) is 45.6 Å². The number of carbonyl (C=O) groups is 3. The fourth-order valence-electron chi connectivity index (χ4n) is 4.09. The van der Waals surface area contributed by atoms with Gasteiger partial charge in [-0.1, -0.05) is 23.7 Å². The van der Waals surface area contributed by atoms with Gasteiger partial charge in [-0.25, -0.2) is 4.79 Å². The van der Waals surface area contributed by atoms with E-state index < -0.39 is 5.97 Å². The first kappa shape index (κ1) is 25.6. The van der Waals surface area contributed by atoms with Crippen LogP contribution in [0.2, 0.25) is 5.02 Å². The Kier molecular flexibility index (Phi) is 7.28. The third-order valence-corrected chi connectivity index (χ3v) is 7.22. The highest BCUT2D eigenvalue weighted by atomic mass is 35.5. The minimum absolute atomic E-state index is 0.00686. The predicted molar refractivity (Wildman–Crippen MR) is 141 cm³/mol. The number of halogens is 1. The number of ether oxygens (including phenoxy) is 1. The molecule has 0 spiro atoms. The molecule has 1 aliphatic rings. The molecule has 4 rings (SSSR count). The van der Waals surface area contributed by atoms with Crippen molar-refractivity contribution >= 4 is 46.6 Å². The SMILES string of the molecule is Cc1ccc(C)c(OCCN2C(=O)S/C(=C\c3cc(C)n(-c4ccc(Cl)c(C(=O)O)c4)c3C)C2=O)c1. The summed E-state index contributed by atoms with van der Waals surface area (Å²) < 4.78 is 7.71. The van der Waals surface area contributed by atoms with Crippen LogP contribution in [-0.4, -0.2) is 44.8 Å². The summed E-state index contributed by atoms with van der Waals surface area (Å²) in [4.78, 5) is 38.6. The number of rotatable bonds is 7. The maximum Gasteiger partial charge on any atom is 0.337 e. The molecular formula is C27H25ClN2O5S. The van der Waals surface area contributed by atoms with E-state index in [2.05, 4.69) is 0 Å². The van der Waals surface area contributed by atoms with Crippen molar-refractivity contribution in [1.29, 1.82) is 0 Å². The Bertz CT molecular complexity index is 1430. The topological polar surface area (TPSA) is 88.8 Å². The molecule has 1 aromatic heterocycles. The van der Waals surface area contributed by atoms with E-state index in [1.807, 2.05) is 56.5 Å². The minimum atomic E-state index is -1.11. The molecule has 36 heavy (non-hydrogen) atoms. The number of nitrogens with zero attached hydrogens (tertiary/aromatic N) is 2. The molecule has 0 radical (unpaired) electrons. The lowest BCUT2D eigenvalue weighted by Gasteiger charge is -2.14. The number of imide groups is 1. The summed E-state index contributed by atoms with van der Waals surface area (Å²) in [7, 11) is 0. The van der Waals surface area contributed by atoms with Crippen molar-refractivity contribution in [3.05, 3.63) is 86.0 Å². The first-order chi connectivity index (χ1) is 17.1. The second kappa shape index (κ2) is 10.2. The number of amides is 2.